The van der Waals surface area contributed by atoms with E-state index >= 15 is 0 Å². The van der Waals surface area contributed by atoms with E-state index < -0.39 is 27.5 Å². The molecule has 0 spiro atoms. The zero-order valence-electron chi connectivity index (χ0n) is 41.4. The molecule has 19 heteroatoms. The minimum Gasteiger partial charge on any atom is -0.481 e. The Balaban J connectivity index is 0.985. The highest BCUT2D eigenvalue weighted by Gasteiger charge is 2.38. The molecule has 3 heterocycles. The second-order valence-electron chi connectivity index (χ2n) is 18.9. The standard InChI is InChI=1S/C51H71N3O15S/c1-34-32-50(3,4)53-42-31-43-40(29-38(34)42)45(36-9-7-8-10-37(36)49(57)58)41-30-39-35(2)33-51(5,6)54-46(39)48(47(41)69-43)70(59,60)52-12-14-62-16-18-64-20-22-66-24-26-68-28-27-67-25-23-65-21-19-63-17-15-61-13-11-44(55)56/h7-10,29-31,34-35,52-53H,11-28,32-33H2,1-6H3,(H,55,56)(H,57,58). The number of benzene rings is 3. The van der Waals surface area contributed by atoms with Gasteiger partial charge in [0.25, 0.3) is 0 Å². The lowest BCUT2D eigenvalue weighted by molar-refractivity contribution is -0.138. The van der Waals surface area contributed by atoms with Crippen molar-refractivity contribution in [1.82, 2.24) is 4.72 Å². The van der Waals surface area contributed by atoms with E-state index in [0.717, 1.165) is 23.2 Å². The SMILES string of the molecule is CC1CC(C)(C)Nc2cc3c(cc21)C(c1ccccc1C(=O)O)=c1cc2c(c(S(=O)(=O)NCCOCCOCCOCCOCCOCCOCCOCCOCCC(=O)O)c1O3)=NC(C)(C)CC2C. The van der Waals surface area contributed by atoms with Crippen molar-refractivity contribution >= 4 is 33.2 Å². The van der Waals surface area contributed by atoms with E-state index in [1.807, 2.05) is 26.0 Å². The molecule has 18 nitrogen and oxygen atoms in total. The number of aliphatic carboxylic acids is 1. The van der Waals surface area contributed by atoms with Crippen LogP contribution >= 0.6 is 0 Å². The number of anilines is 1. The van der Waals surface area contributed by atoms with Gasteiger partial charge in [-0.15, -0.1) is 0 Å². The van der Waals surface area contributed by atoms with Crippen molar-refractivity contribution in [2.45, 2.75) is 88.6 Å². The number of fused-ring (bicyclic) bond motifs is 4. The highest BCUT2D eigenvalue weighted by Crippen LogP contribution is 2.47. The normalized spacial score (nSPS) is 17.6. The van der Waals surface area contributed by atoms with Crippen LogP contribution < -0.4 is 25.4 Å². The molecule has 0 fully saturated rings. The summed E-state index contributed by atoms with van der Waals surface area (Å²) in [6.45, 7) is 18.0. The first kappa shape index (κ1) is 54.8. The maximum atomic E-state index is 14.7. The quantitative estimate of drug-likeness (QED) is 0.0474. The first-order valence-corrected chi connectivity index (χ1v) is 25.6. The molecular formula is C51H71N3O15S. The van der Waals surface area contributed by atoms with Gasteiger partial charge in [-0.3, -0.25) is 9.79 Å². The number of carboxylic acid groups (broad SMARTS) is 2. The molecule has 0 aliphatic carbocycles. The highest BCUT2D eigenvalue weighted by molar-refractivity contribution is 7.89. The molecule has 3 aliphatic heterocycles. The van der Waals surface area contributed by atoms with Gasteiger partial charge in [0.15, 0.2) is 10.6 Å². The van der Waals surface area contributed by atoms with Gasteiger partial charge in [0.2, 0.25) is 10.0 Å². The van der Waals surface area contributed by atoms with Gasteiger partial charge < -0.3 is 58.2 Å². The van der Waals surface area contributed by atoms with Crippen LogP contribution in [0.4, 0.5) is 5.69 Å². The van der Waals surface area contributed by atoms with Gasteiger partial charge in [0.1, 0.15) is 5.75 Å². The van der Waals surface area contributed by atoms with Gasteiger partial charge in [-0.25, -0.2) is 17.9 Å². The molecule has 6 rings (SSSR count). The van der Waals surface area contributed by atoms with Gasteiger partial charge in [-0.1, -0.05) is 32.0 Å². The minimum absolute atomic E-state index is 0.0250. The van der Waals surface area contributed by atoms with Gasteiger partial charge in [0.05, 0.1) is 129 Å². The highest BCUT2D eigenvalue weighted by atomic mass is 32.2. The largest absolute Gasteiger partial charge is 0.481 e. The summed E-state index contributed by atoms with van der Waals surface area (Å²) in [5, 5.41) is 23.5. The van der Waals surface area contributed by atoms with E-state index in [1.165, 1.54) is 0 Å². The van der Waals surface area contributed by atoms with E-state index in [-0.39, 0.29) is 73.0 Å². The van der Waals surface area contributed by atoms with E-state index in [9.17, 15) is 23.1 Å². The number of nitrogens with zero attached hydrogens (tertiary/aromatic N) is 1. The summed E-state index contributed by atoms with van der Waals surface area (Å²) in [6, 6.07) is 12.7. The summed E-state index contributed by atoms with van der Waals surface area (Å²) in [7, 11) is -4.31. The molecule has 3 aromatic carbocycles. The van der Waals surface area contributed by atoms with Gasteiger partial charge >= 0.3 is 11.9 Å². The van der Waals surface area contributed by atoms with Crippen molar-refractivity contribution in [3.05, 3.63) is 80.9 Å². The fourth-order valence-corrected chi connectivity index (χ4v) is 10.4. The average molecular weight is 998 g/mol. The summed E-state index contributed by atoms with van der Waals surface area (Å²) in [5.41, 5.74) is 3.76. The molecule has 0 saturated carbocycles. The second-order valence-corrected chi connectivity index (χ2v) is 20.6. The van der Waals surface area contributed by atoms with Crippen LogP contribution in [0.2, 0.25) is 0 Å². The molecule has 0 bridgehead atoms. The predicted octanol–water partition coefficient (Wildman–Crippen LogP) is 5.23. The molecule has 0 radical (unpaired) electrons. The second kappa shape index (κ2) is 25.7. The molecule has 0 aromatic heterocycles. The Hall–Kier alpha value is -4.54. The summed E-state index contributed by atoms with van der Waals surface area (Å²) in [4.78, 5) is 28.2. The number of carbonyl (C=O) groups is 2. The van der Waals surface area contributed by atoms with Crippen LogP contribution in [-0.2, 0) is 52.7 Å². The molecule has 2 unspecified atom stereocenters. The van der Waals surface area contributed by atoms with Gasteiger partial charge in [0, 0.05) is 40.2 Å². The number of rotatable bonds is 31. The Bertz CT molecular complexity index is 2500. The summed E-state index contributed by atoms with van der Waals surface area (Å²) in [5.74, 6) is -1.36. The number of ether oxygens (including phenoxy) is 9. The average Bonchev–Trinajstić information content (AvgIpc) is 3.28. The molecule has 70 heavy (non-hydrogen) atoms. The van der Waals surface area contributed by atoms with Crippen molar-refractivity contribution in [1.29, 1.82) is 0 Å². The van der Waals surface area contributed by atoms with Crippen molar-refractivity contribution in [3.63, 3.8) is 0 Å². The van der Waals surface area contributed by atoms with E-state index in [4.69, 9.17) is 52.7 Å². The number of carboxylic acids is 2. The van der Waals surface area contributed by atoms with Crippen LogP contribution in [0.25, 0.3) is 5.57 Å². The van der Waals surface area contributed by atoms with E-state index in [0.29, 0.717) is 119 Å². The fourth-order valence-electron chi connectivity index (χ4n) is 9.12. The molecule has 2 atom stereocenters. The first-order chi connectivity index (χ1) is 33.5. The Morgan fingerprint density at radius 3 is 1.76 bits per heavy atom. The van der Waals surface area contributed by atoms with Crippen LogP contribution in [0.3, 0.4) is 0 Å². The molecule has 4 N–H and O–H groups in total. The molecular weight excluding hydrogens is 927 g/mol. The lowest BCUT2D eigenvalue weighted by Crippen LogP contribution is -2.41. The number of sulfonamides is 1. The van der Waals surface area contributed by atoms with Crippen molar-refractivity contribution in [3.8, 4) is 11.5 Å². The number of aromatic carboxylic acids is 1. The van der Waals surface area contributed by atoms with E-state index in [2.05, 4.69) is 43.8 Å². The lowest BCUT2D eigenvalue weighted by atomic mass is 9.79. The molecule has 386 valence electrons. The van der Waals surface area contributed by atoms with Crippen LogP contribution in [0.15, 0.2) is 52.4 Å². The van der Waals surface area contributed by atoms with Crippen LogP contribution in [-0.4, -0.2) is 154 Å². The summed E-state index contributed by atoms with van der Waals surface area (Å²) >= 11 is 0. The number of hydrogen-bond donors (Lipinski definition) is 4. The Morgan fingerprint density at radius 1 is 0.700 bits per heavy atom. The third-order valence-electron chi connectivity index (χ3n) is 12.0. The first-order valence-electron chi connectivity index (χ1n) is 24.1. The summed E-state index contributed by atoms with van der Waals surface area (Å²) in [6.07, 6.45) is 1.54. The van der Waals surface area contributed by atoms with Crippen molar-refractivity contribution < 1.29 is 70.9 Å². The Kier molecular flexibility index (Phi) is 20.1. The predicted molar refractivity (Wildman–Crippen MR) is 261 cm³/mol. The third kappa shape index (κ3) is 15.2. The Morgan fingerprint density at radius 2 is 1.21 bits per heavy atom. The Labute approximate surface area is 411 Å². The van der Waals surface area contributed by atoms with E-state index in [1.54, 1.807) is 24.3 Å². The van der Waals surface area contributed by atoms with Crippen molar-refractivity contribution in [2.75, 3.05) is 118 Å². The third-order valence-corrected chi connectivity index (χ3v) is 13.5. The van der Waals surface area contributed by atoms with Gasteiger partial charge in [-0.2, -0.15) is 0 Å². The molecule has 0 saturated heterocycles. The molecule has 0 amide bonds. The van der Waals surface area contributed by atoms with Crippen molar-refractivity contribution in [2.24, 2.45) is 4.99 Å². The summed E-state index contributed by atoms with van der Waals surface area (Å²) < 4.78 is 82.9. The molecule has 3 aromatic rings. The zero-order chi connectivity index (χ0) is 50.3. The number of hydrogen-bond acceptors (Lipinski definition) is 15. The topological polar surface area (TPSA) is 228 Å². The maximum absolute atomic E-state index is 14.7. The zero-order valence-corrected chi connectivity index (χ0v) is 42.2. The van der Waals surface area contributed by atoms with Crippen LogP contribution in [0.1, 0.15) is 105 Å². The van der Waals surface area contributed by atoms with Gasteiger partial charge in [-0.05, 0) is 87.3 Å². The van der Waals surface area contributed by atoms with Crippen LogP contribution in [0, 0.1) is 0 Å². The number of nitrogens with one attached hydrogen (secondary N) is 2. The fraction of sp³-hybridized carbons (Fsp3) is 0.588. The lowest BCUT2D eigenvalue weighted by Gasteiger charge is -2.38. The maximum Gasteiger partial charge on any atom is 0.336 e. The monoisotopic (exact) mass is 997 g/mol. The molecule has 3 aliphatic rings. The smallest absolute Gasteiger partial charge is 0.336 e. The van der Waals surface area contributed by atoms with Crippen LogP contribution in [0.5, 0.6) is 11.5 Å². The minimum atomic E-state index is -4.31.